The third-order valence-electron chi connectivity index (χ3n) is 4.33. The first-order chi connectivity index (χ1) is 14.1. The summed E-state index contributed by atoms with van der Waals surface area (Å²) < 4.78 is 30.8. The molecule has 0 aliphatic rings. The van der Waals surface area contributed by atoms with E-state index in [1.165, 1.54) is 16.3 Å². The summed E-state index contributed by atoms with van der Waals surface area (Å²) in [5, 5.41) is 2.76. The van der Waals surface area contributed by atoms with E-state index in [2.05, 4.69) is 5.32 Å². The molecule has 2 amide bonds. The van der Waals surface area contributed by atoms with Gasteiger partial charge in [0.05, 0.1) is 19.1 Å². The third kappa shape index (κ3) is 6.48. The van der Waals surface area contributed by atoms with Gasteiger partial charge in [-0.3, -0.25) is 13.9 Å². The van der Waals surface area contributed by atoms with E-state index in [4.69, 9.17) is 4.74 Å². The van der Waals surface area contributed by atoms with Gasteiger partial charge < -0.3 is 15.0 Å². The molecule has 0 heterocycles. The summed E-state index contributed by atoms with van der Waals surface area (Å²) in [4.78, 5) is 25.6. The van der Waals surface area contributed by atoms with Gasteiger partial charge in [-0.1, -0.05) is 6.07 Å². The Morgan fingerprint density at radius 3 is 2.30 bits per heavy atom. The van der Waals surface area contributed by atoms with Gasteiger partial charge in [-0.05, 0) is 42.8 Å². The number of rotatable bonds is 9. The molecule has 30 heavy (non-hydrogen) atoms. The molecular formula is C21H27N3O5S. The number of sulfonamides is 1. The molecule has 0 aliphatic carbocycles. The average Bonchev–Trinajstić information content (AvgIpc) is 2.70. The predicted octanol–water partition coefficient (Wildman–Crippen LogP) is 2.58. The maximum absolute atomic E-state index is 12.2. The lowest BCUT2D eigenvalue weighted by atomic mass is 10.2. The fourth-order valence-electron chi connectivity index (χ4n) is 2.81. The highest BCUT2D eigenvalue weighted by Crippen LogP contribution is 2.23. The second-order valence-electron chi connectivity index (χ2n) is 6.97. The quantitative estimate of drug-likeness (QED) is 0.656. The molecule has 8 nitrogen and oxygen atoms in total. The van der Waals surface area contributed by atoms with Crippen LogP contribution in [0.15, 0.2) is 48.5 Å². The van der Waals surface area contributed by atoms with E-state index in [1.807, 2.05) is 0 Å². The maximum atomic E-state index is 12.2. The molecular weight excluding hydrogens is 406 g/mol. The van der Waals surface area contributed by atoms with Gasteiger partial charge in [0.25, 0.3) is 5.91 Å². The lowest BCUT2D eigenvalue weighted by molar-refractivity contribution is -0.116. The molecule has 2 aromatic carbocycles. The van der Waals surface area contributed by atoms with Gasteiger partial charge >= 0.3 is 0 Å². The van der Waals surface area contributed by atoms with Gasteiger partial charge in [0.2, 0.25) is 15.9 Å². The van der Waals surface area contributed by atoms with Crippen LogP contribution in [0, 0.1) is 0 Å². The van der Waals surface area contributed by atoms with E-state index in [0.717, 1.165) is 6.26 Å². The van der Waals surface area contributed by atoms with Crippen LogP contribution in [0.25, 0.3) is 0 Å². The Bertz CT molecular complexity index is 988. The lowest BCUT2D eigenvalue weighted by Crippen LogP contribution is -2.31. The summed E-state index contributed by atoms with van der Waals surface area (Å²) in [5.41, 5.74) is 1.58. The summed E-state index contributed by atoms with van der Waals surface area (Å²) in [6.07, 6.45) is 1.62. The van der Waals surface area contributed by atoms with Crippen LogP contribution in [-0.2, 0) is 14.8 Å². The number of benzene rings is 2. The second kappa shape index (κ2) is 10.1. The zero-order valence-corrected chi connectivity index (χ0v) is 18.4. The fraction of sp³-hybridized carbons (Fsp3) is 0.333. The van der Waals surface area contributed by atoms with Gasteiger partial charge in [-0.25, -0.2) is 8.42 Å². The van der Waals surface area contributed by atoms with Crippen molar-refractivity contribution in [2.24, 2.45) is 0 Å². The van der Waals surface area contributed by atoms with Crippen molar-refractivity contribution in [1.29, 1.82) is 0 Å². The molecule has 2 aromatic rings. The Morgan fingerprint density at radius 2 is 1.73 bits per heavy atom. The number of hydrogen-bond acceptors (Lipinski definition) is 5. The molecule has 0 spiro atoms. The second-order valence-corrected chi connectivity index (χ2v) is 8.87. The highest BCUT2D eigenvalue weighted by Gasteiger charge is 2.18. The number of carbonyl (C=O) groups is 2. The largest absolute Gasteiger partial charge is 0.497 e. The fourth-order valence-corrected chi connectivity index (χ4v) is 3.77. The molecule has 0 bridgehead atoms. The number of anilines is 2. The number of hydrogen-bond donors (Lipinski definition) is 1. The SMILES string of the molecule is COc1cccc(N(CCCC(=O)Nc2ccc(C(=O)N(C)C)cc2)S(C)(=O)=O)c1. The van der Waals surface area contributed by atoms with E-state index in [-0.39, 0.29) is 24.8 Å². The number of methoxy groups -OCH3 is 1. The topological polar surface area (TPSA) is 96.0 Å². The minimum Gasteiger partial charge on any atom is -0.497 e. The van der Waals surface area contributed by atoms with E-state index in [9.17, 15) is 18.0 Å². The summed E-state index contributed by atoms with van der Waals surface area (Å²) in [5.74, 6) is 0.196. The molecule has 0 aliphatic heterocycles. The first-order valence-corrected chi connectivity index (χ1v) is 11.2. The first kappa shape index (κ1) is 23.2. The molecule has 9 heteroatoms. The van der Waals surface area contributed by atoms with Crippen molar-refractivity contribution in [3.05, 3.63) is 54.1 Å². The number of nitrogens with zero attached hydrogens (tertiary/aromatic N) is 2. The van der Waals surface area contributed by atoms with Crippen LogP contribution < -0.4 is 14.4 Å². The zero-order valence-electron chi connectivity index (χ0n) is 17.6. The lowest BCUT2D eigenvalue weighted by Gasteiger charge is -2.22. The predicted molar refractivity (Wildman–Crippen MR) is 118 cm³/mol. The molecule has 0 radical (unpaired) electrons. The van der Waals surface area contributed by atoms with Crippen LogP contribution in [0.5, 0.6) is 5.75 Å². The zero-order chi connectivity index (χ0) is 22.3. The van der Waals surface area contributed by atoms with E-state index < -0.39 is 10.0 Å². The number of amides is 2. The minimum atomic E-state index is -3.51. The highest BCUT2D eigenvalue weighted by molar-refractivity contribution is 7.92. The number of ether oxygens (including phenoxy) is 1. The molecule has 0 unspecified atom stereocenters. The normalized spacial score (nSPS) is 10.9. The van der Waals surface area contributed by atoms with Gasteiger partial charge in [0.15, 0.2) is 0 Å². The number of nitrogens with one attached hydrogen (secondary N) is 1. The molecule has 162 valence electrons. The average molecular weight is 434 g/mol. The van der Waals surface area contributed by atoms with E-state index in [1.54, 1.807) is 62.6 Å². The summed E-state index contributed by atoms with van der Waals surface area (Å²) in [7, 11) is 1.34. The van der Waals surface area contributed by atoms with E-state index >= 15 is 0 Å². The molecule has 0 saturated carbocycles. The number of carbonyl (C=O) groups excluding carboxylic acids is 2. The maximum Gasteiger partial charge on any atom is 0.253 e. The molecule has 1 N–H and O–H groups in total. The van der Waals surface area contributed by atoms with Crippen LogP contribution >= 0.6 is 0 Å². The summed E-state index contributed by atoms with van der Waals surface area (Å²) >= 11 is 0. The van der Waals surface area contributed by atoms with Crippen LogP contribution in [-0.4, -0.2) is 59.1 Å². The minimum absolute atomic E-state index is 0.119. The standard InChI is InChI=1S/C21H27N3O5S/c1-23(2)21(26)16-10-12-17(13-11-16)22-20(25)9-6-14-24(30(4,27)28)18-7-5-8-19(15-18)29-3/h5,7-8,10-13,15H,6,9,14H2,1-4H3,(H,22,25). The van der Waals surface area contributed by atoms with Crippen molar-refractivity contribution in [1.82, 2.24) is 4.90 Å². The van der Waals surface area contributed by atoms with Crippen LogP contribution in [0.1, 0.15) is 23.2 Å². The summed E-state index contributed by atoms with van der Waals surface area (Å²) in [6, 6.07) is 13.4. The van der Waals surface area contributed by atoms with Gasteiger partial charge in [0, 0.05) is 44.4 Å². The van der Waals surface area contributed by atoms with Crippen molar-refractivity contribution in [3.63, 3.8) is 0 Å². The Balaban J connectivity index is 1.95. The molecule has 0 saturated heterocycles. The van der Waals surface area contributed by atoms with Crippen LogP contribution in [0.3, 0.4) is 0 Å². The monoisotopic (exact) mass is 433 g/mol. The molecule has 0 aromatic heterocycles. The summed E-state index contributed by atoms with van der Waals surface area (Å²) in [6.45, 7) is 0.162. The van der Waals surface area contributed by atoms with Crippen molar-refractivity contribution in [2.75, 3.05) is 43.6 Å². The van der Waals surface area contributed by atoms with Crippen LogP contribution in [0.2, 0.25) is 0 Å². The first-order valence-electron chi connectivity index (χ1n) is 9.35. The van der Waals surface area contributed by atoms with Crippen molar-refractivity contribution >= 4 is 33.2 Å². The van der Waals surface area contributed by atoms with Crippen molar-refractivity contribution in [2.45, 2.75) is 12.8 Å². The van der Waals surface area contributed by atoms with Gasteiger partial charge in [-0.15, -0.1) is 0 Å². The Morgan fingerprint density at radius 1 is 1.07 bits per heavy atom. The van der Waals surface area contributed by atoms with Gasteiger partial charge in [-0.2, -0.15) is 0 Å². The molecule has 2 rings (SSSR count). The van der Waals surface area contributed by atoms with Crippen molar-refractivity contribution in [3.8, 4) is 5.75 Å². The Labute approximate surface area is 177 Å². The Kier molecular flexibility index (Phi) is 7.82. The Hall–Kier alpha value is -3.07. The van der Waals surface area contributed by atoms with Crippen LogP contribution in [0.4, 0.5) is 11.4 Å². The smallest absolute Gasteiger partial charge is 0.253 e. The van der Waals surface area contributed by atoms with Crippen molar-refractivity contribution < 1.29 is 22.7 Å². The highest BCUT2D eigenvalue weighted by atomic mass is 32.2. The van der Waals surface area contributed by atoms with E-state index in [0.29, 0.717) is 29.1 Å². The van der Waals surface area contributed by atoms with Gasteiger partial charge in [0.1, 0.15) is 5.75 Å². The molecule has 0 atom stereocenters. The third-order valence-corrected chi connectivity index (χ3v) is 5.52. The molecule has 0 fully saturated rings.